The standard InChI is InChI=1S/C16H19BrN4O/c1-10(11-5-7-12(17)8-6-11)18-21-15(22)13-9-14(20-19-13)16(2,3)4/h5-9H,1-4H3,(H,19,20)(H,21,22)/b18-10+. The van der Waals surface area contributed by atoms with Crippen molar-refractivity contribution < 1.29 is 4.79 Å². The van der Waals surface area contributed by atoms with Crippen LogP contribution in [0.4, 0.5) is 0 Å². The molecule has 0 atom stereocenters. The molecule has 1 amide bonds. The lowest BCUT2D eigenvalue weighted by atomic mass is 9.92. The van der Waals surface area contributed by atoms with Crippen LogP contribution < -0.4 is 5.43 Å². The minimum Gasteiger partial charge on any atom is -0.281 e. The van der Waals surface area contributed by atoms with Gasteiger partial charge >= 0.3 is 0 Å². The van der Waals surface area contributed by atoms with Crippen molar-refractivity contribution in [1.82, 2.24) is 15.6 Å². The smallest absolute Gasteiger partial charge is 0.281 e. The highest BCUT2D eigenvalue weighted by molar-refractivity contribution is 9.10. The molecule has 0 bridgehead atoms. The van der Waals surface area contributed by atoms with Crippen LogP contribution in [-0.2, 0) is 5.41 Å². The van der Waals surface area contributed by atoms with E-state index in [1.807, 2.05) is 31.2 Å². The Morgan fingerprint density at radius 3 is 2.45 bits per heavy atom. The molecule has 2 rings (SSSR count). The van der Waals surface area contributed by atoms with Gasteiger partial charge in [0, 0.05) is 15.6 Å². The van der Waals surface area contributed by atoms with E-state index in [1.165, 1.54) is 0 Å². The van der Waals surface area contributed by atoms with Crippen LogP contribution in [0.15, 0.2) is 39.9 Å². The van der Waals surface area contributed by atoms with Crippen LogP contribution in [-0.4, -0.2) is 21.8 Å². The van der Waals surface area contributed by atoms with E-state index in [0.29, 0.717) is 5.69 Å². The maximum atomic E-state index is 12.1. The van der Waals surface area contributed by atoms with E-state index in [1.54, 1.807) is 6.07 Å². The van der Waals surface area contributed by atoms with Gasteiger partial charge in [-0.15, -0.1) is 0 Å². The number of hydrazone groups is 1. The summed E-state index contributed by atoms with van der Waals surface area (Å²) in [6.45, 7) is 8.00. The number of hydrogen-bond donors (Lipinski definition) is 2. The number of nitrogens with zero attached hydrogens (tertiary/aromatic N) is 2. The Morgan fingerprint density at radius 2 is 1.91 bits per heavy atom. The van der Waals surface area contributed by atoms with Gasteiger partial charge in [0.2, 0.25) is 0 Å². The monoisotopic (exact) mass is 362 g/mol. The van der Waals surface area contributed by atoms with Gasteiger partial charge in [-0.25, -0.2) is 5.43 Å². The maximum Gasteiger partial charge on any atom is 0.291 e. The van der Waals surface area contributed by atoms with E-state index in [2.05, 4.69) is 57.4 Å². The lowest BCUT2D eigenvalue weighted by Gasteiger charge is -2.14. The highest BCUT2D eigenvalue weighted by atomic mass is 79.9. The fraction of sp³-hybridized carbons (Fsp3) is 0.312. The highest BCUT2D eigenvalue weighted by Crippen LogP contribution is 2.20. The minimum absolute atomic E-state index is 0.0812. The topological polar surface area (TPSA) is 70.1 Å². The van der Waals surface area contributed by atoms with E-state index in [0.717, 1.165) is 21.4 Å². The molecule has 0 saturated heterocycles. The number of halogens is 1. The van der Waals surface area contributed by atoms with Gasteiger partial charge in [-0.1, -0.05) is 48.8 Å². The van der Waals surface area contributed by atoms with Crippen LogP contribution >= 0.6 is 15.9 Å². The summed E-state index contributed by atoms with van der Waals surface area (Å²) >= 11 is 3.38. The zero-order chi connectivity index (χ0) is 16.3. The van der Waals surface area contributed by atoms with Gasteiger partial charge < -0.3 is 0 Å². The van der Waals surface area contributed by atoms with Crippen molar-refractivity contribution in [3.63, 3.8) is 0 Å². The first-order valence-electron chi connectivity index (χ1n) is 6.94. The van der Waals surface area contributed by atoms with Gasteiger partial charge in [-0.3, -0.25) is 9.89 Å². The molecule has 2 aromatic rings. The van der Waals surface area contributed by atoms with Gasteiger partial charge in [-0.05, 0) is 30.7 Å². The molecular weight excluding hydrogens is 344 g/mol. The predicted octanol–water partition coefficient (Wildman–Crippen LogP) is 3.62. The zero-order valence-electron chi connectivity index (χ0n) is 13.1. The second-order valence-electron chi connectivity index (χ2n) is 6.06. The third-order valence-corrected chi connectivity index (χ3v) is 3.73. The lowest BCUT2D eigenvalue weighted by Crippen LogP contribution is -2.19. The maximum absolute atomic E-state index is 12.1. The molecular formula is C16H19BrN4O. The summed E-state index contributed by atoms with van der Waals surface area (Å²) in [7, 11) is 0. The molecule has 2 N–H and O–H groups in total. The molecule has 1 aromatic heterocycles. The molecule has 0 spiro atoms. The van der Waals surface area contributed by atoms with Crippen LogP contribution in [0.2, 0.25) is 0 Å². The van der Waals surface area contributed by atoms with Crippen molar-refractivity contribution >= 4 is 27.5 Å². The van der Waals surface area contributed by atoms with E-state index >= 15 is 0 Å². The SMILES string of the molecule is C/C(=N\NC(=O)c1cc(C(C)(C)C)[nH]n1)c1ccc(Br)cc1. The van der Waals surface area contributed by atoms with Gasteiger partial charge in [0.25, 0.3) is 5.91 Å². The Bertz CT molecular complexity index is 696. The molecule has 116 valence electrons. The number of amides is 1. The van der Waals surface area contributed by atoms with E-state index in [9.17, 15) is 4.79 Å². The molecule has 1 aromatic carbocycles. The number of hydrogen-bond acceptors (Lipinski definition) is 3. The van der Waals surface area contributed by atoms with E-state index < -0.39 is 0 Å². The molecule has 5 nitrogen and oxygen atoms in total. The Kier molecular flexibility index (Phi) is 4.81. The van der Waals surface area contributed by atoms with Crippen molar-refractivity contribution in [1.29, 1.82) is 0 Å². The molecule has 6 heteroatoms. The summed E-state index contributed by atoms with van der Waals surface area (Å²) in [5.41, 5.74) is 5.36. The molecule has 0 aliphatic heterocycles. The third-order valence-electron chi connectivity index (χ3n) is 3.21. The fourth-order valence-corrected chi connectivity index (χ4v) is 2.03. The summed E-state index contributed by atoms with van der Waals surface area (Å²) < 4.78 is 0.999. The summed E-state index contributed by atoms with van der Waals surface area (Å²) in [5.74, 6) is -0.330. The summed E-state index contributed by atoms with van der Waals surface area (Å²) in [6.07, 6.45) is 0. The van der Waals surface area contributed by atoms with Crippen LogP contribution in [0, 0.1) is 0 Å². The van der Waals surface area contributed by atoms with Gasteiger partial charge in [0.05, 0.1) is 5.71 Å². The van der Waals surface area contributed by atoms with Crippen molar-refractivity contribution in [2.24, 2.45) is 5.10 Å². The number of benzene rings is 1. The van der Waals surface area contributed by atoms with Crippen molar-refractivity contribution in [3.8, 4) is 0 Å². The molecule has 0 unspecified atom stereocenters. The predicted molar refractivity (Wildman–Crippen MR) is 91.1 cm³/mol. The molecule has 0 aliphatic rings. The highest BCUT2D eigenvalue weighted by Gasteiger charge is 2.19. The van der Waals surface area contributed by atoms with Crippen molar-refractivity contribution in [2.75, 3.05) is 0 Å². The van der Waals surface area contributed by atoms with Gasteiger partial charge in [-0.2, -0.15) is 10.2 Å². The normalized spacial score (nSPS) is 12.3. The first kappa shape index (κ1) is 16.4. The van der Waals surface area contributed by atoms with Crippen molar-refractivity contribution in [3.05, 3.63) is 51.8 Å². The number of aromatic amines is 1. The lowest BCUT2D eigenvalue weighted by molar-refractivity contribution is 0.0950. The number of rotatable bonds is 3. The van der Waals surface area contributed by atoms with Crippen LogP contribution in [0.5, 0.6) is 0 Å². The second kappa shape index (κ2) is 6.44. The largest absolute Gasteiger partial charge is 0.291 e. The van der Waals surface area contributed by atoms with Crippen LogP contribution in [0.25, 0.3) is 0 Å². The first-order valence-corrected chi connectivity index (χ1v) is 7.73. The van der Waals surface area contributed by atoms with E-state index in [-0.39, 0.29) is 11.3 Å². The number of carbonyl (C=O) groups is 1. The molecule has 22 heavy (non-hydrogen) atoms. The fourth-order valence-electron chi connectivity index (χ4n) is 1.77. The quantitative estimate of drug-likeness (QED) is 0.646. The van der Waals surface area contributed by atoms with Crippen LogP contribution in [0.3, 0.4) is 0 Å². The molecule has 0 fully saturated rings. The average molecular weight is 363 g/mol. The average Bonchev–Trinajstić information content (AvgIpc) is 2.95. The summed E-state index contributed by atoms with van der Waals surface area (Å²) in [4.78, 5) is 12.1. The number of carbonyl (C=O) groups excluding carboxylic acids is 1. The van der Waals surface area contributed by atoms with Gasteiger partial charge in [0.1, 0.15) is 0 Å². The molecule has 1 heterocycles. The zero-order valence-corrected chi connectivity index (χ0v) is 14.7. The van der Waals surface area contributed by atoms with Crippen LogP contribution in [0.1, 0.15) is 49.4 Å². The van der Waals surface area contributed by atoms with Crippen molar-refractivity contribution in [2.45, 2.75) is 33.1 Å². The summed E-state index contributed by atoms with van der Waals surface area (Å²) in [5, 5.41) is 11.0. The second-order valence-corrected chi connectivity index (χ2v) is 6.98. The molecule has 0 aliphatic carbocycles. The number of aromatic nitrogens is 2. The minimum atomic E-state index is -0.330. The Labute approximate surface area is 138 Å². The number of H-pyrrole nitrogens is 1. The first-order chi connectivity index (χ1) is 10.3. The number of nitrogens with one attached hydrogen (secondary N) is 2. The Morgan fingerprint density at radius 1 is 1.27 bits per heavy atom. The Balaban J connectivity index is 2.07. The molecule has 0 radical (unpaired) electrons. The van der Waals surface area contributed by atoms with E-state index in [4.69, 9.17) is 0 Å². The van der Waals surface area contributed by atoms with Gasteiger partial charge in [0.15, 0.2) is 5.69 Å². The third kappa shape index (κ3) is 4.04. The summed E-state index contributed by atoms with van der Waals surface area (Å²) in [6, 6.07) is 9.47. The molecule has 0 saturated carbocycles. The Hall–Kier alpha value is -1.95.